The van der Waals surface area contributed by atoms with Gasteiger partial charge in [-0.15, -0.1) is 0 Å². The number of halogens is 1. The van der Waals surface area contributed by atoms with Gasteiger partial charge in [0.2, 0.25) is 0 Å². The molecule has 1 atom stereocenters. The fourth-order valence-corrected chi connectivity index (χ4v) is 4.46. The van der Waals surface area contributed by atoms with Gasteiger partial charge >= 0.3 is 7.05 Å². The van der Waals surface area contributed by atoms with Crippen LogP contribution in [0.4, 0.5) is 5.82 Å². The van der Waals surface area contributed by atoms with Crippen molar-refractivity contribution in [3.63, 3.8) is 0 Å². The van der Waals surface area contributed by atoms with Gasteiger partial charge in [0.1, 0.15) is 5.82 Å². The quantitative estimate of drug-likeness (QED) is 0.561. The van der Waals surface area contributed by atoms with Gasteiger partial charge in [-0.25, -0.2) is 4.98 Å². The number of aryl methyl sites for hydroxylation is 1. The number of amides is 1. The average Bonchev–Trinajstić information content (AvgIpc) is 3.16. The molecule has 0 radical (unpaired) electrons. The van der Waals surface area contributed by atoms with Gasteiger partial charge in [-0.3, -0.25) is 4.79 Å². The first-order chi connectivity index (χ1) is 14.3. The molecule has 154 valence electrons. The van der Waals surface area contributed by atoms with E-state index in [1.54, 1.807) is 13.0 Å². The number of fused-ring (bicyclic) bond motifs is 1. The molecule has 8 heteroatoms. The summed E-state index contributed by atoms with van der Waals surface area (Å²) in [5, 5.41) is 15.0. The lowest BCUT2D eigenvalue weighted by Gasteiger charge is -2.18. The molecule has 4 rings (SSSR count). The number of nitrogens with one attached hydrogen (secondary N) is 1. The number of hydrogen-bond acceptors (Lipinski definition) is 5. The number of anilines is 1. The van der Waals surface area contributed by atoms with Gasteiger partial charge in [-0.1, -0.05) is 35.9 Å². The van der Waals surface area contributed by atoms with Crippen molar-refractivity contribution >= 4 is 41.1 Å². The molecular formula is C22H24BClN4O2. The third-order valence-electron chi connectivity index (χ3n) is 5.74. The number of benzene rings is 2. The maximum atomic E-state index is 13.0. The molecule has 30 heavy (non-hydrogen) atoms. The third-order valence-corrected chi connectivity index (χ3v) is 6.06. The highest BCUT2D eigenvalue weighted by Crippen LogP contribution is 2.34. The van der Waals surface area contributed by atoms with E-state index in [1.807, 2.05) is 48.1 Å². The van der Waals surface area contributed by atoms with Crippen molar-refractivity contribution in [3.05, 3.63) is 58.7 Å². The van der Waals surface area contributed by atoms with Gasteiger partial charge in [0.15, 0.2) is 0 Å². The molecule has 0 saturated carbocycles. The lowest BCUT2D eigenvalue weighted by Crippen LogP contribution is -2.41. The van der Waals surface area contributed by atoms with E-state index in [-0.39, 0.29) is 17.8 Å². The van der Waals surface area contributed by atoms with Crippen molar-refractivity contribution in [2.24, 2.45) is 0 Å². The standard InChI is InChI=1S/C22H24BClN4O2/c1-13-4-3-5-18(24)19(13)14-6-7-17-15(10-14)11-26-21(25)20(17)22(29)27-16-8-9-28(12-16)23(2)30/h3-7,10-11,16,30H,8-9,12H2,1-2H3,(H2,25,26)(H,27,29)/t16-/m1/s1. The predicted molar refractivity (Wildman–Crippen MR) is 123 cm³/mol. The average molecular weight is 423 g/mol. The largest absolute Gasteiger partial charge is 0.437 e. The van der Waals surface area contributed by atoms with E-state index in [1.165, 1.54) is 0 Å². The zero-order valence-electron chi connectivity index (χ0n) is 17.0. The number of nitrogen functional groups attached to an aromatic ring is 1. The van der Waals surface area contributed by atoms with Crippen LogP contribution >= 0.6 is 11.6 Å². The molecule has 6 nitrogen and oxygen atoms in total. The first-order valence-corrected chi connectivity index (χ1v) is 10.4. The molecule has 0 aliphatic carbocycles. The molecule has 1 aliphatic heterocycles. The Morgan fingerprint density at radius 2 is 2.17 bits per heavy atom. The van der Waals surface area contributed by atoms with Crippen molar-refractivity contribution in [1.82, 2.24) is 15.1 Å². The second-order valence-corrected chi connectivity index (χ2v) is 8.25. The van der Waals surface area contributed by atoms with Crippen LogP contribution in [0.1, 0.15) is 22.3 Å². The number of rotatable bonds is 4. The van der Waals surface area contributed by atoms with Crippen LogP contribution in [-0.4, -0.2) is 46.9 Å². The van der Waals surface area contributed by atoms with Crippen LogP contribution in [0.2, 0.25) is 11.8 Å². The van der Waals surface area contributed by atoms with Crippen LogP contribution < -0.4 is 11.1 Å². The molecule has 1 saturated heterocycles. The highest BCUT2D eigenvalue weighted by Gasteiger charge is 2.29. The number of nitrogens with two attached hydrogens (primary N) is 1. The van der Waals surface area contributed by atoms with E-state index >= 15 is 0 Å². The Kier molecular flexibility index (Phi) is 5.69. The van der Waals surface area contributed by atoms with Gasteiger partial charge in [-0.2, -0.15) is 0 Å². The Hall–Kier alpha value is -2.61. The number of aromatic nitrogens is 1. The van der Waals surface area contributed by atoms with Gasteiger partial charge in [0.05, 0.1) is 5.56 Å². The van der Waals surface area contributed by atoms with Crippen molar-refractivity contribution in [3.8, 4) is 11.1 Å². The zero-order chi connectivity index (χ0) is 21.4. The van der Waals surface area contributed by atoms with E-state index in [0.29, 0.717) is 17.1 Å². The van der Waals surface area contributed by atoms with E-state index in [2.05, 4.69) is 10.3 Å². The number of carbonyl (C=O) groups is 1. The zero-order valence-corrected chi connectivity index (χ0v) is 17.8. The SMILES string of the molecule is CB(O)N1CC[C@@H](NC(=O)c2c(N)ncc3cc(-c4c(C)cccc4Cl)ccc23)C1. The van der Waals surface area contributed by atoms with Crippen molar-refractivity contribution in [1.29, 1.82) is 0 Å². The molecule has 1 aliphatic rings. The Morgan fingerprint density at radius 1 is 1.37 bits per heavy atom. The maximum absolute atomic E-state index is 13.0. The van der Waals surface area contributed by atoms with Crippen molar-refractivity contribution < 1.29 is 9.82 Å². The number of carbonyl (C=O) groups excluding carboxylic acids is 1. The second kappa shape index (κ2) is 8.26. The predicted octanol–water partition coefficient (Wildman–Crippen LogP) is 3.36. The highest BCUT2D eigenvalue weighted by atomic mass is 35.5. The summed E-state index contributed by atoms with van der Waals surface area (Å²) in [5.74, 6) is -0.0447. The minimum absolute atomic E-state index is 0.0354. The monoisotopic (exact) mass is 422 g/mol. The summed E-state index contributed by atoms with van der Waals surface area (Å²) in [5.41, 5.74) is 9.48. The molecule has 0 bridgehead atoms. The summed E-state index contributed by atoms with van der Waals surface area (Å²) in [4.78, 5) is 19.2. The van der Waals surface area contributed by atoms with Gasteiger partial charge in [0.25, 0.3) is 5.91 Å². The molecule has 1 amide bonds. The summed E-state index contributed by atoms with van der Waals surface area (Å²) in [7, 11) is -0.525. The van der Waals surface area contributed by atoms with Gasteiger partial charge in [0, 0.05) is 34.8 Å². The molecule has 1 fully saturated rings. The lowest BCUT2D eigenvalue weighted by molar-refractivity contribution is 0.0941. The Bertz CT molecular complexity index is 1100. The molecule has 4 N–H and O–H groups in total. The van der Waals surface area contributed by atoms with Crippen LogP contribution in [0.5, 0.6) is 0 Å². The first kappa shape index (κ1) is 20.7. The van der Waals surface area contributed by atoms with Crippen molar-refractivity contribution in [2.75, 3.05) is 18.8 Å². The van der Waals surface area contributed by atoms with Gasteiger partial charge in [-0.05, 0) is 55.4 Å². The Morgan fingerprint density at radius 3 is 2.87 bits per heavy atom. The fourth-order valence-electron chi connectivity index (χ4n) is 4.13. The van der Waals surface area contributed by atoms with E-state index in [0.717, 1.165) is 40.4 Å². The van der Waals surface area contributed by atoms with Crippen LogP contribution in [-0.2, 0) is 0 Å². The third kappa shape index (κ3) is 3.88. The fraction of sp³-hybridized carbons (Fsp3) is 0.273. The van der Waals surface area contributed by atoms with Crippen LogP contribution in [0, 0.1) is 6.92 Å². The van der Waals surface area contributed by atoms with E-state index in [4.69, 9.17) is 17.3 Å². The Labute approximate surface area is 181 Å². The summed E-state index contributed by atoms with van der Waals surface area (Å²) in [6.45, 7) is 5.10. The van der Waals surface area contributed by atoms with Crippen molar-refractivity contribution in [2.45, 2.75) is 26.2 Å². The van der Waals surface area contributed by atoms with Crippen LogP contribution in [0.15, 0.2) is 42.6 Å². The van der Waals surface area contributed by atoms with E-state index in [9.17, 15) is 9.82 Å². The molecule has 0 unspecified atom stereocenters. The van der Waals surface area contributed by atoms with E-state index < -0.39 is 7.05 Å². The lowest BCUT2D eigenvalue weighted by atomic mass is 9.86. The smallest absolute Gasteiger partial charge is 0.376 e. The highest BCUT2D eigenvalue weighted by molar-refractivity contribution is 6.45. The molecule has 0 spiro atoms. The van der Waals surface area contributed by atoms with Crippen LogP contribution in [0.3, 0.4) is 0 Å². The normalized spacial score (nSPS) is 16.7. The topological polar surface area (TPSA) is 91.5 Å². The Balaban J connectivity index is 1.67. The summed E-state index contributed by atoms with van der Waals surface area (Å²) in [6.07, 6.45) is 2.46. The molecule has 2 aromatic carbocycles. The maximum Gasteiger partial charge on any atom is 0.376 e. The van der Waals surface area contributed by atoms with Crippen LogP contribution in [0.25, 0.3) is 21.9 Å². The molecule has 1 aromatic heterocycles. The molecular weight excluding hydrogens is 399 g/mol. The minimum Gasteiger partial charge on any atom is -0.437 e. The molecule has 2 heterocycles. The second-order valence-electron chi connectivity index (χ2n) is 7.84. The van der Waals surface area contributed by atoms with Gasteiger partial charge < -0.3 is 20.9 Å². The summed E-state index contributed by atoms with van der Waals surface area (Å²) >= 11 is 6.43. The molecule has 3 aromatic rings. The minimum atomic E-state index is -0.525. The first-order valence-electron chi connectivity index (χ1n) is 10.0. The number of nitrogens with zero attached hydrogens (tertiary/aromatic N) is 2. The summed E-state index contributed by atoms with van der Waals surface area (Å²) < 4.78 is 0. The summed E-state index contributed by atoms with van der Waals surface area (Å²) in [6, 6.07) is 11.6. The number of pyridine rings is 1. The number of hydrogen-bond donors (Lipinski definition) is 3.